The van der Waals surface area contributed by atoms with E-state index in [4.69, 9.17) is 25.8 Å². The molecule has 1 aliphatic heterocycles. The molecule has 3 aromatic rings. The number of anilines is 2. The summed E-state index contributed by atoms with van der Waals surface area (Å²) in [5.41, 5.74) is 1.51. The van der Waals surface area contributed by atoms with Crippen LogP contribution < -0.4 is 24.8 Å². The summed E-state index contributed by atoms with van der Waals surface area (Å²) in [6, 6.07) is 16.8. The number of nitrogens with zero attached hydrogens (tertiary/aromatic N) is 1. The van der Waals surface area contributed by atoms with Crippen LogP contribution in [-0.4, -0.2) is 54.7 Å². The number of thioether (sulfide) groups is 1. The maximum Gasteiger partial charge on any atom is 0.294 e. The van der Waals surface area contributed by atoms with Gasteiger partial charge >= 0.3 is 0 Å². The summed E-state index contributed by atoms with van der Waals surface area (Å²) in [5.74, 6) is -0.370. The molecule has 10 nitrogen and oxygen atoms in total. The van der Waals surface area contributed by atoms with Crippen LogP contribution in [0.25, 0.3) is 6.08 Å². The van der Waals surface area contributed by atoms with E-state index in [0.717, 1.165) is 16.7 Å². The van der Waals surface area contributed by atoms with Crippen LogP contribution in [0.15, 0.2) is 70.0 Å². The predicted molar refractivity (Wildman–Crippen MR) is 165 cm³/mol. The van der Waals surface area contributed by atoms with E-state index < -0.39 is 29.5 Å². The van der Waals surface area contributed by atoms with E-state index in [1.165, 1.54) is 13.2 Å². The Balaban J connectivity index is 1.38. The summed E-state index contributed by atoms with van der Waals surface area (Å²) in [6.45, 7) is 1.56. The van der Waals surface area contributed by atoms with Crippen molar-refractivity contribution in [3.8, 4) is 17.2 Å². The van der Waals surface area contributed by atoms with E-state index in [2.05, 4.69) is 26.6 Å². The monoisotopic (exact) mass is 673 g/mol. The number of amides is 4. The van der Waals surface area contributed by atoms with Gasteiger partial charge in [-0.3, -0.25) is 24.1 Å². The van der Waals surface area contributed by atoms with Crippen molar-refractivity contribution in [2.75, 3.05) is 37.5 Å². The van der Waals surface area contributed by atoms with Gasteiger partial charge in [0.25, 0.3) is 17.1 Å². The lowest BCUT2D eigenvalue weighted by Gasteiger charge is -2.13. The normalized spacial score (nSPS) is 13.7. The van der Waals surface area contributed by atoms with Crippen molar-refractivity contribution >= 4 is 79.7 Å². The maximum absolute atomic E-state index is 12.9. The van der Waals surface area contributed by atoms with E-state index in [9.17, 15) is 19.2 Å². The van der Waals surface area contributed by atoms with Crippen LogP contribution in [0, 0.1) is 0 Å². The predicted octanol–water partition coefficient (Wildman–Crippen LogP) is 6.20. The molecule has 3 aromatic carbocycles. The first kappa shape index (κ1) is 30.9. The zero-order chi connectivity index (χ0) is 30.2. The third-order valence-corrected chi connectivity index (χ3v) is 7.82. The highest BCUT2D eigenvalue weighted by Gasteiger charge is 2.36. The van der Waals surface area contributed by atoms with Crippen LogP contribution >= 0.6 is 39.3 Å². The molecule has 4 rings (SSSR count). The number of halogens is 2. The van der Waals surface area contributed by atoms with Gasteiger partial charge < -0.3 is 24.8 Å². The molecule has 1 saturated heterocycles. The van der Waals surface area contributed by atoms with E-state index in [1.807, 2.05) is 13.0 Å². The van der Waals surface area contributed by atoms with Crippen LogP contribution in [0.4, 0.5) is 16.2 Å². The summed E-state index contributed by atoms with van der Waals surface area (Å²) < 4.78 is 17.3. The summed E-state index contributed by atoms with van der Waals surface area (Å²) in [5, 5.41) is 5.21. The number of ether oxygens (including phenoxy) is 3. The van der Waals surface area contributed by atoms with Crippen molar-refractivity contribution in [2.45, 2.75) is 6.92 Å². The summed E-state index contributed by atoms with van der Waals surface area (Å²) in [6.07, 6.45) is 1.51. The Hall–Kier alpha value is -4.00. The molecule has 0 saturated carbocycles. The van der Waals surface area contributed by atoms with Gasteiger partial charge in [-0.15, -0.1) is 0 Å². The molecule has 1 aliphatic rings. The molecule has 218 valence electrons. The Bertz CT molecular complexity index is 1570. The Labute approximate surface area is 259 Å². The number of para-hydroxylation sites is 2. The van der Waals surface area contributed by atoms with Crippen molar-refractivity contribution in [2.24, 2.45) is 0 Å². The number of benzene rings is 3. The minimum atomic E-state index is -0.600. The molecular weight excluding hydrogens is 650 g/mol. The number of hydrogen-bond donors (Lipinski definition) is 2. The Morgan fingerprint density at radius 1 is 0.976 bits per heavy atom. The second-order valence-electron chi connectivity index (χ2n) is 8.62. The molecule has 2 N–H and O–H groups in total. The minimum absolute atomic E-state index is 0.141. The van der Waals surface area contributed by atoms with E-state index in [1.54, 1.807) is 54.6 Å². The summed E-state index contributed by atoms with van der Waals surface area (Å²) >= 11 is 10.0. The lowest BCUT2D eigenvalue weighted by molar-refractivity contribution is -0.127. The molecule has 13 heteroatoms. The number of imide groups is 1. The smallest absolute Gasteiger partial charge is 0.294 e. The highest BCUT2D eigenvalue weighted by Crippen LogP contribution is 2.35. The van der Waals surface area contributed by atoms with E-state index in [-0.39, 0.29) is 11.5 Å². The zero-order valence-electron chi connectivity index (χ0n) is 22.4. The molecule has 0 aliphatic carbocycles. The van der Waals surface area contributed by atoms with Crippen LogP contribution in [-0.2, 0) is 14.4 Å². The molecule has 0 radical (unpaired) electrons. The Kier molecular flexibility index (Phi) is 10.5. The topological polar surface area (TPSA) is 123 Å². The molecule has 0 spiro atoms. The lowest BCUT2D eigenvalue weighted by atomic mass is 10.2. The average Bonchev–Trinajstić information content (AvgIpc) is 3.22. The van der Waals surface area contributed by atoms with Gasteiger partial charge in [0.15, 0.2) is 18.1 Å². The number of hydrogen-bond acceptors (Lipinski definition) is 8. The van der Waals surface area contributed by atoms with Gasteiger partial charge in [0.05, 0.1) is 29.3 Å². The molecule has 0 unspecified atom stereocenters. The quantitative estimate of drug-likeness (QED) is 0.231. The number of carbonyl (C=O) groups excluding carboxylic acids is 4. The third kappa shape index (κ3) is 7.84. The molecule has 1 fully saturated rings. The first-order chi connectivity index (χ1) is 20.2. The highest BCUT2D eigenvalue weighted by atomic mass is 79.9. The van der Waals surface area contributed by atoms with Crippen molar-refractivity contribution in [3.63, 3.8) is 0 Å². The van der Waals surface area contributed by atoms with Crippen LogP contribution in [0.1, 0.15) is 12.5 Å². The van der Waals surface area contributed by atoms with Crippen LogP contribution in [0.3, 0.4) is 0 Å². The molecule has 4 amide bonds. The lowest BCUT2D eigenvalue weighted by Crippen LogP contribution is -2.36. The van der Waals surface area contributed by atoms with Gasteiger partial charge in [-0.1, -0.05) is 29.8 Å². The molecule has 0 aromatic heterocycles. The standard InChI is InChI=1S/C29H25BrClN3O7S/c1-3-40-22-7-5-4-6-21(22)33-27(36)16-41-23-11-8-17(12-24(23)39-2)13-25-28(37)34(29(38)42-25)15-26(35)32-18-9-10-19(30)20(31)14-18/h4-14H,3,15-16H2,1-2H3,(H,32,35)(H,33,36)/b25-13+. The van der Waals surface area contributed by atoms with Gasteiger partial charge in [0.2, 0.25) is 5.91 Å². The molecule has 0 atom stereocenters. The molecule has 0 bridgehead atoms. The molecule has 1 heterocycles. The molecular formula is C29H25BrClN3O7S. The number of rotatable bonds is 11. The largest absolute Gasteiger partial charge is 0.493 e. The van der Waals surface area contributed by atoms with E-state index in [0.29, 0.717) is 50.3 Å². The zero-order valence-corrected chi connectivity index (χ0v) is 25.6. The van der Waals surface area contributed by atoms with Gasteiger partial charge in [-0.05, 0) is 88.7 Å². The number of nitrogens with one attached hydrogen (secondary N) is 2. The third-order valence-electron chi connectivity index (χ3n) is 5.68. The highest BCUT2D eigenvalue weighted by molar-refractivity contribution is 9.10. The Morgan fingerprint density at radius 3 is 2.50 bits per heavy atom. The molecule has 42 heavy (non-hydrogen) atoms. The summed E-state index contributed by atoms with van der Waals surface area (Å²) in [7, 11) is 1.44. The van der Waals surface area contributed by atoms with Gasteiger partial charge in [0, 0.05) is 10.2 Å². The summed E-state index contributed by atoms with van der Waals surface area (Å²) in [4.78, 5) is 51.4. The van der Waals surface area contributed by atoms with Crippen molar-refractivity contribution < 1.29 is 33.4 Å². The second kappa shape index (κ2) is 14.3. The fourth-order valence-electron chi connectivity index (χ4n) is 3.78. The SMILES string of the molecule is CCOc1ccccc1NC(=O)COc1ccc(/C=C2/SC(=O)N(CC(=O)Nc3ccc(Br)c(Cl)c3)C2=O)cc1OC. The Morgan fingerprint density at radius 2 is 1.76 bits per heavy atom. The first-order valence-electron chi connectivity index (χ1n) is 12.5. The number of methoxy groups -OCH3 is 1. The van der Waals surface area contributed by atoms with Gasteiger partial charge in [-0.25, -0.2) is 0 Å². The van der Waals surface area contributed by atoms with Crippen LogP contribution in [0.5, 0.6) is 17.2 Å². The van der Waals surface area contributed by atoms with Crippen LogP contribution in [0.2, 0.25) is 5.02 Å². The number of carbonyl (C=O) groups is 4. The van der Waals surface area contributed by atoms with Crippen molar-refractivity contribution in [1.82, 2.24) is 4.90 Å². The fraction of sp³-hybridized carbons (Fsp3) is 0.172. The fourth-order valence-corrected chi connectivity index (χ4v) is 5.05. The van der Waals surface area contributed by atoms with Gasteiger partial charge in [0.1, 0.15) is 12.3 Å². The first-order valence-corrected chi connectivity index (χ1v) is 14.5. The van der Waals surface area contributed by atoms with Crippen molar-refractivity contribution in [1.29, 1.82) is 0 Å². The second-order valence-corrected chi connectivity index (χ2v) is 10.9. The van der Waals surface area contributed by atoms with Gasteiger partial charge in [-0.2, -0.15) is 0 Å². The van der Waals surface area contributed by atoms with Crippen molar-refractivity contribution in [3.05, 3.63) is 80.6 Å². The maximum atomic E-state index is 12.9. The van der Waals surface area contributed by atoms with E-state index >= 15 is 0 Å². The minimum Gasteiger partial charge on any atom is -0.493 e. The average molecular weight is 675 g/mol.